The molecule has 1 heterocycles. The number of carbonyl (C=O) groups is 1. The summed E-state index contributed by atoms with van der Waals surface area (Å²) in [5.41, 5.74) is 4.25. The number of rotatable bonds is 3. The van der Waals surface area contributed by atoms with Gasteiger partial charge in [-0.15, -0.1) is 0 Å². The minimum atomic E-state index is -0.147. The monoisotopic (exact) mass is 375 g/mol. The third-order valence-corrected chi connectivity index (χ3v) is 5.75. The van der Waals surface area contributed by atoms with Crippen LogP contribution < -0.4 is 0 Å². The molecule has 0 radical (unpaired) electrons. The van der Waals surface area contributed by atoms with Gasteiger partial charge >= 0.3 is 5.97 Å². The third kappa shape index (κ3) is 3.16. The molecule has 130 valence electrons. The molecule has 0 fully saturated rings. The van der Waals surface area contributed by atoms with Crippen molar-refractivity contribution < 1.29 is 9.53 Å². The van der Waals surface area contributed by atoms with Crippen molar-refractivity contribution in [3.05, 3.63) is 51.2 Å². The minimum Gasteiger partial charge on any atom is -0.466 e. The minimum absolute atomic E-state index is 0.147. The van der Waals surface area contributed by atoms with E-state index in [1.165, 1.54) is 0 Å². The highest BCUT2D eigenvalue weighted by atomic mass is 35.5. The highest BCUT2D eigenvalue weighted by molar-refractivity contribution is 6.37. The lowest BCUT2D eigenvalue weighted by molar-refractivity contribution is -0.142. The molecule has 0 saturated heterocycles. The SMILES string of the molecule is CCOC(=O)CC1=C[C@H]2Cc3nc4cc(Cl)ccc4c(Cl)c3[C@@H](C1)C2. The van der Waals surface area contributed by atoms with E-state index in [1.807, 2.05) is 25.1 Å². The highest BCUT2D eigenvalue weighted by Crippen LogP contribution is 2.47. The summed E-state index contributed by atoms with van der Waals surface area (Å²) in [6, 6.07) is 5.66. The van der Waals surface area contributed by atoms with Gasteiger partial charge in [0, 0.05) is 16.1 Å². The van der Waals surface area contributed by atoms with Gasteiger partial charge in [-0.1, -0.05) is 34.9 Å². The summed E-state index contributed by atoms with van der Waals surface area (Å²) in [6.45, 7) is 2.26. The number of hydrogen-bond acceptors (Lipinski definition) is 3. The van der Waals surface area contributed by atoms with Gasteiger partial charge in [-0.25, -0.2) is 0 Å². The quantitative estimate of drug-likeness (QED) is 0.527. The molecule has 2 aliphatic carbocycles. The van der Waals surface area contributed by atoms with Crippen LogP contribution in [-0.2, 0) is 16.0 Å². The molecule has 2 aliphatic rings. The summed E-state index contributed by atoms with van der Waals surface area (Å²) in [7, 11) is 0. The first-order chi connectivity index (χ1) is 12.0. The fourth-order valence-corrected chi connectivity index (χ4v) is 4.79. The molecule has 25 heavy (non-hydrogen) atoms. The van der Waals surface area contributed by atoms with Crippen molar-refractivity contribution in [1.29, 1.82) is 0 Å². The van der Waals surface area contributed by atoms with Crippen LogP contribution in [0, 0.1) is 5.92 Å². The van der Waals surface area contributed by atoms with Gasteiger partial charge in [0.25, 0.3) is 0 Å². The van der Waals surface area contributed by atoms with Crippen molar-refractivity contribution >= 4 is 40.1 Å². The first-order valence-corrected chi connectivity index (χ1v) is 9.43. The molecule has 2 aromatic rings. The first-order valence-electron chi connectivity index (χ1n) is 8.68. The molecule has 1 aromatic heterocycles. The van der Waals surface area contributed by atoms with E-state index in [4.69, 9.17) is 32.9 Å². The van der Waals surface area contributed by atoms with Gasteiger partial charge in [0.15, 0.2) is 0 Å². The van der Waals surface area contributed by atoms with Crippen molar-refractivity contribution in [2.24, 2.45) is 5.92 Å². The zero-order valence-electron chi connectivity index (χ0n) is 14.0. The van der Waals surface area contributed by atoms with E-state index in [1.54, 1.807) is 0 Å². The van der Waals surface area contributed by atoms with E-state index < -0.39 is 0 Å². The van der Waals surface area contributed by atoms with Gasteiger partial charge < -0.3 is 4.74 Å². The van der Waals surface area contributed by atoms with Gasteiger partial charge in [-0.3, -0.25) is 9.78 Å². The number of esters is 1. The fourth-order valence-electron chi connectivity index (χ4n) is 4.20. The number of allylic oxidation sites excluding steroid dienone is 1. The zero-order valence-corrected chi connectivity index (χ0v) is 15.5. The van der Waals surface area contributed by atoms with Crippen molar-refractivity contribution in [1.82, 2.24) is 4.98 Å². The molecule has 0 saturated carbocycles. The summed E-state index contributed by atoms with van der Waals surface area (Å²) in [6.07, 6.45) is 5.40. The topological polar surface area (TPSA) is 39.2 Å². The Kier molecular flexibility index (Phi) is 4.47. The van der Waals surface area contributed by atoms with Gasteiger partial charge in [-0.05, 0) is 61.8 Å². The lowest BCUT2D eigenvalue weighted by Crippen LogP contribution is -2.24. The Labute approximate surface area is 157 Å². The van der Waals surface area contributed by atoms with Gasteiger partial charge in [0.05, 0.1) is 23.6 Å². The first kappa shape index (κ1) is 16.9. The summed E-state index contributed by atoms with van der Waals surface area (Å²) >= 11 is 12.9. The van der Waals surface area contributed by atoms with E-state index in [-0.39, 0.29) is 5.97 Å². The van der Waals surface area contributed by atoms with Crippen LogP contribution in [0.3, 0.4) is 0 Å². The summed E-state index contributed by atoms with van der Waals surface area (Å²) in [5, 5.41) is 2.41. The third-order valence-electron chi connectivity index (χ3n) is 5.11. The summed E-state index contributed by atoms with van der Waals surface area (Å²) < 4.78 is 5.10. The Morgan fingerprint density at radius 3 is 2.96 bits per heavy atom. The van der Waals surface area contributed by atoms with E-state index in [9.17, 15) is 4.79 Å². The number of halogens is 2. The number of benzene rings is 1. The molecule has 0 N–H and O–H groups in total. The molecule has 0 spiro atoms. The van der Waals surface area contributed by atoms with Crippen molar-refractivity contribution in [2.45, 2.75) is 38.5 Å². The second-order valence-electron chi connectivity index (χ2n) is 6.86. The number of pyridine rings is 1. The lowest BCUT2D eigenvalue weighted by Gasteiger charge is -2.35. The summed E-state index contributed by atoms with van der Waals surface area (Å²) in [5.74, 6) is 0.588. The molecule has 3 nitrogen and oxygen atoms in total. The van der Waals surface area contributed by atoms with Crippen LogP contribution in [0.4, 0.5) is 0 Å². The predicted molar refractivity (Wildman–Crippen MR) is 100 cm³/mol. The van der Waals surface area contributed by atoms with E-state index >= 15 is 0 Å². The molecular formula is C20H19Cl2NO2. The van der Waals surface area contributed by atoms with E-state index in [0.29, 0.717) is 29.9 Å². The van der Waals surface area contributed by atoms with Crippen LogP contribution in [0.15, 0.2) is 29.8 Å². The normalized spacial score (nSPS) is 21.6. The van der Waals surface area contributed by atoms with Gasteiger partial charge in [-0.2, -0.15) is 0 Å². The lowest BCUT2D eigenvalue weighted by atomic mass is 9.71. The molecule has 2 bridgehead atoms. The molecule has 0 amide bonds. The van der Waals surface area contributed by atoms with Gasteiger partial charge in [0.1, 0.15) is 0 Å². The van der Waals surface area contributed by atoms with Crippen molar-refractivity contribution in [2.75, 3.05) is 6.61 Å². The number of hydrogen-bond donors (Lipinski definition) is 0. The van der Waals surface area contributed by atoms with Crippen LogP contribution in [-0.4, -0.2) is 17.6 Å². The molecule has 5 heteroatoms. The van der Waals surface area contributed by atoms with Crippen molar-refractivity contribution in [3.63, 3.8) is 0 Å². The largest absolute Gasteiger partial charge is 0.466 e. The highest BCUT2D eigenvalue weighted by Gasteiger charge is 2.34. The molecule has 2 atom stereocenters. The van der Waals surface area contributed by atoms with Gasteiger partial charge in [0.2, 0.25) is 0 Å². The maximum absolute atomic E-state index is 11.8. The summed E-state index contributed by atoms with van der Waals surface area (Å²) in [4.78, 5) is 16.7. The Bertz CT molecular complexity index is 891. The van der Waals surface area contributed by atoms with E-state index in [2.05, 4.69) is 6.08 Å². The Hall–Kier alpha value is -1.58. The zero-order chi connectivity index (χ0) is 17.6. The van der Waals surface area contributed by atoms with E-state index in [0.717, 1.165) is 52.0 Å². The Morgan fingerprint density at radius 2 is 2.16 bits per heavy atom. The molecular weight excluding hydrogens is 357 g/mol. The second-order valence-corrected chi connectivity index (χ2v) is 7.67. The number of nitrogens with zero attached hydrogens (tertiary/aromatic N) is 1. The standard InChI is InChI=1S/C20H19Cl2NO2/c1-2-25-18(24)9-12-5-11-6-13(7-12)19-17(8-11)23-16-10-14(21)3-4-15(16)20(19)22/h3-5,10-11,13H,2,6-9H2,1H3/t11-,13-/m1/s1. The van der Waals surface area contributed by atoms with Crippen LogP contribution in [0.5, 0.6) is 0 Å². The van der Waals surface area contributed by atoms with Crippen LogP contribution in [0.1, 0.15) is 43.4 Å². The fraction of sp³-hybridized carbons (Fsp3) is 0.400. The average Bonchev–Trinajstić information content (AvgIpc) is 2.54. The molecule has 0 unspecified atom stereocenters. The number of fused-ring (bicyclic) bond motifs is 5. The van der Waals surface area contributed by atoms with Crippen molar-refractivity contribution in [3.8, 4) is 0 Å². The Balaban J connectivity index is 1.70. The van der Waals surface area contributed by atoms with Crippen LogP contribution >= 0.6 is 23.2 Å². The van der Waals surface area contributed by atoms with Crippen LogP contribution in [0.2, 0.25) is 10.0 Å². The molecule has 4 rings (SSSR count). The molecule has 1 aromatic carbocycles. The maximum Gasteiger partial charge on any atom is 0.309 e. The maximum atomic E-state index is 11.8. The second kappa shape index (κ2) is 6.62. The predicted octanol–water partition coefficient (Wildman–Crippen LogP) is 5.47. The molecule has 0 aliphatic heterocycles. The number of aromatic nitrogens is 1. The number of carbonyl (C=O) groups excluding carboxylic acids is 1. The van der Waals surface area contributed by atoms with Crippen LogP contribution in [0.25, 0.3) is 10.9 Å². The smallest absolute Gasteiger partial charge is 0.309 e. The number of ether oxygens (including phenoxy) is 1. The Morgan fingerprint density at radius 1 is 1.32 bits per heavy atom. The average molecular weight is 376 g/mol.